The van der Waals surface area contributed by atoms with Gasteiger partial charge in [-0.1, -0.05) is 31.2 Å². The van der Waals surface area contributed by atoms with Crippen LogP contribution in [0, 0.1) is 25.7 Å². The summed E-state index contributed by atoms with van der Waals surface area (Å²) in [4.78, 5) is 48.7. The van der Waals surface area contributed by atoms with Gasteiger partial charge in [-0.05, 0) is 81.5 Å². The number of likely N-dealkylation sites (tertiary alicyclic amines) is 1. The molecule has 0 aromatic heterocycles. The number of carbonyl (C=O) groups is 3. The van der Waals surface area contributed by atoms with Crippen LogP contribution in [-0.4, -0.2) is 77.8 Å². The second kappa shape index (κ2) is 12.8. The number of carbonyl (C=O) groups excluding carboxylic acids is 3. The van der Waals surface area contributed by atoms with E-state index in [2.05, 4.69) is 13.2 Å². The maximum absolute atomic E-state index is 14.8. The third-order valence-corrected chi connectivity index (χ3v) is 9.79. The minimum atomic E-state index is -1.21. The molecule has 0 aliphatic carbocycles. The Bertz CT molecular complexity index is 1470. The van der Waals surface area contributed by atoms with Gasteiger partial charge in [-0.2, -0.15) is 0 Å². The maximum atomic E-state index is 14.8. The van der Waals surface area contributed by atoms with Gasteiger partial charge in [-0.25, -0.2) is 0 Å². The van der Waals surface area contributed by atoms with Crippen LogP contribution in [0.4, 0.5) is 11.4 Å². The molecule has 1 N–H and O–H groups in total. The Labute approximate surface area is 266 Å². The molecule has 0 saturated carbocycles. The van der Waals surface area contributed by atoms with Gasteiger partial charge in [0.1, 0.15) is 17.4 Å². The summed E-state index contributed by atoms with van der Waals surface area (Å²) in [7, 11) is 0. The van der Waals surface area contributed by atoms with E-state index in [1.54, 1.807) is 22.0 Å². The second-order valence-corrected chi connectivity index (χ2v) is 12.3. The molecule has 3 saturated heterocycles. The fourth-order valence-electron chi connectivity index (χ4n) is 7.82. The minimum Gasteiger partial charge on any atom is -0.494 e. The summed E-state index contributed by atoms with van der Waals surface area (Å²) in [6, 6.07) is 12.2. The topological polar surface area (TPSA) is 99.6 Å². The summed E-state index contributed by atoms with van der Waals surface area (Å²) in [5, 5.41) is 10.1. The largest absolute Gasteiger partial charge is 0.494 e. The molecule has 0 radical (unpaired) electrons. The van der Waals surface area contributed by atoms with E-state index in [-0.39, 0.29) is 44.0 Å². The van der Waals surface area contributed by atoms with E-state index in [0.717, 1.165) is 16.8 Å². The van der Waals surface area contributed by atoms with E-state index in [0.29, 0.717) is 37.3 Å². The smallest absolute Gasteiger partial charge is 0.253 e. The highest BCUT2D eigenvalue weighted by molar-refractivity contribution is 6.07. The standard InChI is InChI=1S/C36H45N3O6/c1-7-19-37(26-13-15-27(16-14-26)44-10-4)32(41)29-30-33(42)39(21-22-40)31(36(30)18-17-35(29,9-3)45-36)34(43)38(20-8-2)28-23-24(5)11-12-25(28)6/h7-8,11-16,23,29-31,40H,1-2,9-10,17-22H2,3-6H3/t29-,30+,31?,35+,36?/m1/s1. The summed E-state index contributed by atoms with van der Waals surface area (Å²) in [5.41, 5.74) is 1.17. The van der Waals surface area contributed by atoms with Crippen LogP contribution in [0.2, 0.25) is 0 Å². The van der Waals surface area contributed by atoms with Gasteiger partial charge in [-0.15, -0.1) is 13.2 Å². The van der Waals surface area contributed by atoms with Crippen molar-refractivity contribution >= 4 is 29.1 Å². The van der Waals surface area contributed by atoms with Crippen molar-refractivity contribution in [3.8, 4) is 5.75 Å². The molecule has 1 spiro atoms. The maximum Gasteiger partial charge on any atom is 0.253 e. The van der Waals surface area contributed by atoms with E-state index < -0.39 is 29.1 Å². The molecule has 2 aromatic carbocycles. The van der Waals surface area contributed by atoms with E-state index in [1.165, 1.54) is 4.90 Å². The number of anilines is 2. The molecule has 3 amide bonds. The first-order valence-electron chi connectivity index (χ1n) is 15.9. The van der Waals surface area contributed by atoms with Crippen molar-refractivity contribution in [1.82, 2.24) is 4.90 Å². The highest BCUT2D eigenvalue weighted by Crippen LogP contribution is 2.64. The van der Waals surface area contributed by atoms with E-state index in [1.807, 2.05) is 70.2 Å². The summed E-state index contributed by atoms with van der Waals surface area (Å²) in [6.07, 6.45) is 4.83. The van der Waals surface area contributed by atoms with Crippen molar-refractivity contribution in [2.75, 3.05) is 42.6 Å². The number of benzene rings is 2. The normalized spacial score (nSPS) is 26.5. The van der Waals surface area contributed by atoms with Crippen molar-refractivity contribution in [3.63, 3.8) is 0 Å². The van der Waals surface area contributed by atoms with Crippen LogP contribution in [0.5, 0.6) is 5.75 Å². The molecule has 3 heterocycles. The monoisotopic (exact) mass is 615 g/mol. The number of nitrogens with zero attached hydrogens (tertiary/aromatic N) is 3. The molecule has 3 fully saturated rings. The number of rotatable bonds is 13. The first kappa shape index (κ1) is 32.4. The molecule has 2 bridgehead atoms. The van der Waals surface area contributed by atoms with Crippen LogP contribution < -0.4 is 14.5 Å². The predicted octanol–water partition coefficient (Wildman–Crippen LogP) is 4.59. The Kier molecular flexibility index (Phi) is 9.23. The second-order valence-electron chi connectivity index (χ2n) is 12.3. The number of hydrogen-bond donors (Lipinski definition) is 1. The summed E-state index contributed by atoms with van der Waals surface area (Å²) < 4.78 is 12.6. The van der Waals surface area contributed by atoms with Crippen molar-refractivity contribution < 1.29 is 29.0 Å². The van der Waals surface area contributed by atoms with Crippen molar-refractivity contribution in [1.29, 1.82) is 0 Å². The molecule has 45 heavy (non-hydrogen) atoms. The van der Waals surface area contributed by atoms with Crippen molar-refractivity contribution in [2.45, 2.75) is 64.2 Å². The summed E-state index contributed by atoms with van der Waals surface area (Å²) in [6.45, 7) is 16.2. The highest BCUT2D eigenvalue weighted by Gasteiger charge is 2.79. The molecule has 5 atom stereocenters. The van der Waals surface area contributed by atoms with Gasteiger partial charge in [0.25, 0.3) is 5.91 Å². The van der Waals surface area contributed by atoms with Crippen LogP contribution in [0.3, 0.4) is 0 Å². The van der Waals surface area contributed by atoms with E-state index >= 15 is 0 Å². The van der Waals surface area contributed by atoms with E-state index in [9.17, 15) is 19.5 Å². The molecule has 9 nitrogen and oxygen atoms in total. The molecular weight excluding hydrogens is 570 g/mol. The van der Waals surface area contributed by atoms with Crippen molar-refractivity contribution in [3.05, 3.63) is 78.9 Å². The quantitative estimate of drug-likeness (QED) is 0.331. The number of ether oxygens (including phenoxy) is 2. The highest BCUT2D eigenvalue weighted by atomic mass is 16.5. The SMILES string of the molecule is C=CCN(C(=O)[C@H]1[C@H]2C(=O)N(CCO)C(C(=O)N(CC=C)c3cc(C)ccc3C)C23CC[C@]1(CC)O3)c1ccc(OCC)cc1. The third kappa shape index (κ3) is 5.25. The van der Waals surface area contributed by atoms with Gasteiger partial charge in [0.05, 0.1) is 30.7 Å². The Morgan fingerprint density at radius 2 is 1.73 bits per heavy atom. The number of aliphatic hydroxyl groups excluding tert-OH is 1. The van der Waals surface area contributed by atoms with Crippen LogP contribution in [0.1, 0.15) is 44.2 Å². The summed E-state index contributed by atoms with van der Waals surface area (Å²) >= 11 is 0. The minimum absolute atomic E-state index is 0.0408. The fourth-order valence-corrected chi connectivity index (χ4v) is 7.82. The number of amides is 3. The van der Waals surface area contributed by atoms with E-state index in [4.69, 9.17) is 9.47 Å². The first-order chi connectivity index (χ1) is 21.6. The lowest BCUT2D eigenvalue weighted by atomic mass is 9.64. The zero-order valence-electron chi connectivity index (χ0n) is 26.8. The van der Waals surface area contributed by atoms with Gasteiger partial charge >= 0.3 is 0 Å². The molecule has 2 unspecified atom stereocenters. The molecule has 5 rings (SSSR count). The van der Waals surface area contributed by atoms with Crippen LogP contribution in [0.25, 0.3) is 0 Å². The molecule has 2 aromatic rings. The van der Waals surface area contributed by atoms with Gasteiger partial charge in [0.15, 0.2) is 0 Å². The Hall–Kier alpha value is -3.95. The predicted molar refractivity (Wildman–Crippen MR) is 174 cm³/mol. The Balaban J connectivity index is 1.59. The third-order valence-electron chi connectivity index (χ3n) is 9.79. The number of β-amino-alcohol motifs (C(OH)–C–C–N with tert-alkyl or cyclic N) is 1. The van der Waals surface area contributed by atoms with Gasteiger partial charge < -0.3 is 29.3 Å². The number of hydrogen-bond acceptors (Lipinski definition) is 6. The fraction of sp³-hybridized carbons (Fsp3) is 0.472. The Morgan fingerprint density at radius 3 is 2.36 bits per heavy atom. The lowest BCUT2D eigenvalue weighted by Crippen LogP contribution is -2.57. The first-order valence-corrected chi connectivity index (χ1v) is 15.9. The average molecular weight is 616 g/mol. The van der Waals surface area contributed by atoms with Crippen molar-refractivity contribution in [2.24, 2.45) is 11.8 Å². The van der Waals surface area contributed by atoms with Crippen LogP contribution in [-0.2, 0) is 19.1 Å². The van der Waals surface area contributed by atoms with Crippen LogP contribution in [0.15, 0.2) is 67.8 Å². The average Bonchev–Trinajstić information content (AvgIpc) is 3.64. The number of fused-ring (bicyclic) bond motifs is 1. The van der Waals surface area contributed by atoms with Gasteiger partial charge in [0, 0.05) is 31.0 Å². The van der Waals surface area contributed by atoms with Gasteiger partial charge in [-0.3, -0.25) is 14.4 Å². The zero-order valence-corrected chi connectivity index (χ0v) is 26.8. The summed E-state index contributed by atoms with van der Waals surface area (Å²) in [5.74, 6) is -1.88. The zero-order chi connectivity index (χ0) is 32.5. The Morgan fingerprint density at radius 1 is 1.04 bits per heavy atom. The van der Waals surface area contributed by atoms with Gasteiger partial charge in [0.2, 0.25) is 11.8 Å². The lowest BCUT2D eigenvalue weighted by Gasteiger charge is -2.37. The molecular formula is C36H45N3O6. The number of aryl methyl sites for hydroxylation is 2. The molecule has 3 aliphatic heterocycles. The van der Waals surface area contributed by atoms with Crippen LogP contribution >= 0.6 is 0 Å². The molecule has 9 heteroatoms. The lowest BCUT2D eigenvalue weighted by molar-refractivity contribution is -0.146. The molecule has 240 valence electrons. The number of aliphatic hydroxyl groups is 1. The molecule has 3 aliphatic rings.